The van der Waals surface area contributed by atoms with E-state index >= 15 is 0 Å². The highest BCUT2D eigenvalue weighted by Crippen LogP contribution is 2.27. The molecule has 2 amide bonds. The molecule has 7 heteroatoms. The fourth-order valence-electron chi connectivity index (χ4n) is 4.71. The van der Waals surface area contributed by atoms with E-state index in [0.717, 1.165) is 66.8 Å². The summed E-state index contributed by atoms with van der Waals surface area (Å²) in [6, 6.07) is 18.2. The molecule has 3 heterocycles. The number of aromatic amines is 1. The molecule has 2 aliphatic heterocycles. The zero-order chi connectivity index (χ0) is 22.6. The number of hydrogen-bond donors (Lipinski definition) is 2. The molecule has 0 saturated carbocycles. The van der Waals surface area contributed by atoms with Crippen LogP contribution in [0, 0.1) is 5.92 Å². The van der Waals surface area contributed by atoms with E-state index < -0.39 is 0 Å². The number of fused-ring (bicyclic) bond motifs is 1. The van der Waals surface area contributed by atoms with Gasteiger partial charge in [0.2, 0.25) is 11.8 Å². The molecule has 5 rings (SSSR count). The third-order valence-corrected chi connectivity index (χ3v) is 6.52. The lowest BCUT2D eigenvalue weighted by atomic mass is 9.96. The summed E-state index contributed by atoms with van der Waals surface area (Å²) in [6.45, 7) is 3.44. The van der Waals surface area contributed by atoms with Crippen molar-refractivity contribution < 1.29 is 14.4 Å². The van der Waals surface area contributed by atoms with Crippen LogP contribution in [0.3, 0.4) is 0 Å². The molecule has 0 radical (unpaired) electrons. The zero-order valence-corrected chi connectivity index (χ0v) is 18.8. The maximum absolute atomic E-state index is 13.0. The molecule has 2 N–H and O–H groups in total. The number of likely N-dealkylation sites (tertiary alicyclic amines) is 1. The standard InChI is InChI=1S/C26H30N4O3/c31-25(11-14-30-13-5-15-33-30)29-12-4-8-21(18-29)26(32)27-22-9-3-7-19(16-22)24-17-20-6-1-2-10-23(20)28-24/h1-3,6-7,9-10,16-17,21,28H,4-5,8,11-15,18H2,(H,27,32). The lowest BCUT2D eigenvalue weighted by Gasteiger charge is -2.32. The number of amides is 2. The molecule has 0 spiro atoms. The fraction of sp³-hybridized carbons (Fsp3) is 0.385. The molecule has 3 aromatic rings. The van der Waals surface area contributed by atoms with Crippen molar-refractivity contribution in [2.75, 3.05) is 38.1 Å². The summed E-state index contributed by atoms with van der Waals surface area (Å²) in [5, 5.41) is 6.10. The average Bonchev–Trinajstić information content (AvgIpc) is 3.53. The van der Waals surface area contributed by atoms with Crippen molar-refractivity contribution in [3.05, 3.63) is 54.6 Å². The number of hydroxylamine groups is 2. The first kappa shape index (κ1) is 21.7. The van der Waals surface area contributed by atoms with E-state index in [-0.39, 0.29) is 17.7 Å². The van der Waals surface area contributed by atoms with Gasteiger partial charge in [0.05, 0.1) is 12.5 Å². The van der Waals surface area contributed by atoms with E-state index in [1.807, 2.05) is 46.4 Å². The minimum Gasteiger partial charge on any atom is -0.355 e. The third-order valence-electron chi connectivity index (χ3n) is 6.52. The van der Waals surface area contributed by atoms with Crippen LogP contribution in [0.1, 0.15) is 25.7 Å². The molecule has 2 saturated heterocycles. The zero-order valence-electron chi connectivity index (χ0n) is 18.8. The molecule has 1 unspecified atom stereocenters. The van der Waals surface area contributed by atoms with Gasteiger partial charge in [-0.15, -0.1) is 0 Å². The van der Waals surface area contributed by atoms with Crippen LogP contribution in [0.25, 0.3) is 22.2 Å². The quantitative estimate of drug-likeness (QED) is 0.599. The van der Waals surface area contributed by atoms with Gasteiger partial charge in [0.15, 0.2) is 0 Å². The van der Waals surface area contributed by atoms with Gasteiger partial charge in [-0.05, 0) is 43.5 Å². The van der Waals surface area contributed by atoms with Crippen molar-refractivity contribution in [2.45, 2.75) is 25.7 Å². The topological polar surface area (TPSA) is 77.7 Å². The van der Waals surface area contributed by atoms with Gasteiger partial charge in [-0.1, -0.05) is 30.3 Å². The molecule has 1 atom stereocenters. The highest BCUT2D eigenvalue weighted by atomic mass is 16.7. The maximum atomic E-state index is 13.0. The SMILES string of the molecule is O=C(Nc1cccc(-c2cc3ccccc3[nH]2)c1)C1CCCN(C(=O)CCN2CCCO2)C1. The molecule has 7 nitrogen and oxygen atoms in total. The lowest BCUT2D eigenvalue weighted by molar-refractivity contribution is -0.141. The number of para-hydroxylation sites is 1. The van der Waals surface area contributed by atoms with E-state index in [9.17, 15) is 9.59 Å². The number of anilines is 1. The Hall–Kier alpha value is -3.16. The van der Waals surface area contributed by atoms with E-state index in [1.54, 1.807) is 0 Å². The van der Waals surface area contributed by atoms with Gasteiger partial charge >= 0.3 is 0 Å². The number of piperidine rings is 1. The van der Waals surface area contributed by atoms with Crippen LogP contribution in [0.15, 0.2) is 54.6 Å². The highest BCUT2D eigenvalue weighted by Gasteiger charge is 2.29. The summed E-state index contributed by atoms with van der Waals surface area (Å²) < 4.78 is 0. The number of carbonyl (C=O) groups is 2. The summed E-state index contributed by atoms with van der Waals surface area (Å²) in [4.78, 5) is 36.4. The van der Waals surface area contributed by atoms with E-state index in [4.69, 9.17) is 4.84 Å². The summed E-state index contributed by atoms with van der Waals surface area (Å²) in [5.41, 5.74) is 3.90. The van der Waals surface area contributed by atoms with Crippen LogP contribution in [0.2, 0.25) is 0 Å². The molecule has 2 fully saturated rings. The summed E-state index contributed by atoms with van der Waals surface area (Å²) in [5.74, 6) is -0.115. The van der Waals surface area contributed by atoms with Crippen molar-refractivity contribution in [3.8, 4) is 11.3 Å². The Labute approximate surface area is 193 Å². The number of hydrogen-bond acceptors (Lipinski definition) is 4. The second kappa shape index (κ2) is 9.77. The molecule has 2 aliphatic rings. The van der Waals surface area contributed by atoms with Crippen molar-refractivity contribution in [1.29, 1.82) is 0 Å². The minimum absolute atomic E-state index is 0.0239. The first-order chi connectivity index (χ1) is 16.2. The van der Waals surface area contributed by atoms with Gasteiger partial charge in [0, 0.05) is 60.4 Å². The number of nitrogens with one attached hydrogen (secondary N) is 2. The van der Waals surface area contributed by atoms with Crippen LogP contribution < -0.4 is 5.32 Å². The Kier molecular flexibility index (Phi) is 6.41. The summed E-state index contributed by atoms with van der Waals surface area (Å²) >= 11 is 0. The molecule has 1 aromatic heterocycles. The first-order valence-corrected chi connectivity index (χ1v) is 11.8. The van der Waals surface area contributed by atoms with Crippen LogP contribution >= 0.6 is 0 Å². The highest BCUT2D eigenvalue weighted by molar-refractivity contribution is 5.94. The van der Waals surface area contributed by atoms with E-state index in [2.05, 4.69) is 28.5 Å². The van der Waals surface area contributed by atoms with Gasteiger partial charge in [0.25, 0.3) is 0 Å². The predicted molar refractivity (Wildman–Crippen MR) is 128 cm³/mol. The van der Waals surface area contributed by atoms with Crippen LogP contribution in [0.5, 0.6) is 0 Å². The number of rotatable bonds is 6. The first-order valence-electron chi connectivity index (χ1n) is 11.8. The number of aromatic nitrogens is 1. The second-order valence-corrected chi connectivity index (χ2v) is 8.89. The van der Waals surface area contributed by atoms with Crippen molar-refractivity contribution in [3.63, 3.8) is 0 Å². The van der Waals surface area contributed by atoms with E-state index in [1.165, 1.54) is 0 Å². The molecular formula is C26H30N4O3. The third kappa shape index (κ3) is 5.10. The lowest BCUT2D eigenvalue weighted by Crippen LogP contribution is -2.44. The molecule has 2 aromatic carbocycles. The average molecular weight is 447 g/mol. The molecule has 33 heavy (non-hydrogen) atoms. The Bertz CT molecular complexity index is 1100. The second-order valence-electron chi connectivity index (χ2n) is 8.89. The molecule has 0 aliphatic carbocycles. The maximum Gasteiger partial charge on any atom is 0.229 e. The Morgan fingerprint density at radius 1 is 1.06 bits per heavy atom. The van der Waals surface area contributed by atoms with Gasteiger partial charge in [-0.25, -0.2) is 0 Å². The van der Waals surface area contributed by atoms with Gasteiger partial charge in [0.1, 0.15) is 0 Å². The van der Waals surface area contributed by atoms with E-state index in [0.29, 0.717) is 19.5 Å². The Morgan fingerprint density at radius 3 is 2.82 bits per heavy atom. The Balaban J connectivity index is 1.20. The molecular weight excluding hydrogens is 416 g/mol. The predicted octanol–water partition coefficient (Wildman–Crippen LogP) is 4.04. The van der Waals surface area contributed by atoms with Crippen molar-refractivity contribution >= 4 is 28.4 Å². The van der Waals surface area contributed by atoms with Crippen LogP contribution in [-0.4, -0.2) is 59.5 Å². The van der Waals surface area contributed by atoms with Gasteiger partial charge in [-0.2, -0.15) is 5.06 Å². The largest absolute Gasteiger partial charge is 0.355 e. The van der Waals surface area contributed by atoms with Crippen LogP contribution in [0.4, 0.5) is 5.69 Å². The van der Waals surface area contributed by atoms with Crippen molar-refractivity contribution in [1.82, 2.24) is 14.9 Å². The van der Waals surface area contributed by atoms with Crippen LogP contribution in [-0.2, 0) is 14.4 Å². The van der Waals surface area contributed by atoms with Crippen molar-refractivity contribution in [2.24, 2.45) is 5.92 Å². The number of benzene rings is 2. The minimum atomic E-state index is -0.192. The molecule has 172 valence electrons. The van der Waals surface area contributed by atoms with Gasteiger partial charge < -0.3 is 15.2 Å². The van der Waals surface area contributed by atoms with Gasteiger partial charge in [-0.3, -0.25) is 14.4 Å². The number of H-pyrrole nitrogens is 1. The number of nitrogens with zero attached hydrogens (tertiary/aromatic N) is 2. The fourth-order valence-corrected chi connectivity index (χ4v) is 4.71. The molecule has 0 bridgehead atoms. The summed E-state index contributed by atoms with van der Waals surface area (Å²) in [7, 11) is 0. The normalized spacial score (nSPS) is 19.2. The Morgan fingerprint density at radius 2 is 1.97 bits per heavy atom. The smallest absolute Gasteiger partial charge is 0.229 e. The summed E-state index contributed by atoms with van der Waals surface area (Å²) in [6.07, 6.45) is 3.09. The number of carbonyl (C=O) groups excluding carboxylic acids is 2. The monoisotopic (exact) mass is 446 g/mol.